The molecule has 2 aromatic carbocycles. The Hall–Kier alpha value is -1.05. The number of nitrogens with zero attached hydrogens (tertiary/aromatic N) is 1. The smallest absolute Gasteiger partial charge is 0.126 e. The molecule has 1 saturated heterocycles. The Morgan fingerprint density at radius 1 is 1.17 bits per heavy atom. The topological polar surface area (TPSA) is 23.5 Å². The summed E-state index contributed by atoms with van der Waals surface area (Å²) in [5, 5.41) is 11.4. The van der Waals surface area contributed by atoms with Crippen molar-refractivity contribution in [1.29, 1.82) is 0 Å². The molecule has 122 valence electrons. The minimum Gasteiger partial charge on any atom is -0.384 e. The quantitative estimate of drug-likeness (QED) is 0.453. The molecule has 1 aliphatic rings. The summed E-state index contributed by atoms with van der Waals surface area (Å²) in [4.78, 5) is 2.17. The standard InChI is InChI=1S/C18H18F2INO/c19-14-5-3-4-13(10-14)18(23)8-9-22(12-21)11-16(18)15-6-1-2-7-17(15)20/h1-7,10,16,23H,8-9,11-12H2. The molecule has 1 aliphatic heterocycles. The van der Waals surface area contributed by atoms with Crippen molar-refractivity contribution in [2.45, 2.75) is 17.9 Å². The lowest BCUT2D eigenvalue weighted by Gasteiger charge is -2.45. The van der Waals surface area contributed by atoms with Gasteiger partial charge in [0.2, 0.25) is 0 Å². The van der Waals surface area contributed by atoms with Crippen LogP contribution in [0, 0.1) is 11.6 Å². The molecular weight excluding hydrogens is 411 g/mol. The fourth-order valence-electron chi connectivity index (χ4n) is 3.33. The molecule has 0 aliphatic carbocycles. The Kier molecular flexibility index (Phi) is 4.98. The molecule has 5 heteroatoms. The van der Waals surface area contributed by atoms with E-state index in [9.17, 15) is 13.9 Å². The third-order valence-corrected chi connectivity index (χ3v) is 5.57. The average Bonchev–Trinajstić information content (AvgIpc) is 2.56. The summed E-state index contributed by atoms with van der Waals surface area (Å²) >= 11 is 2.27. The predicted octanol–water partition coefficient (Wildman–Crippen LogP) is 4.03. The van der Waals surface area contributed by atoms with E-state index in [0.717, 1.165) is 4.55 Å². The van der Waals surface area contributed by atoms with Crippen molar-refractivity contribution in [3.8, 4) is 0 Å². The maximum atomic E-state index is 14.3. The number of rotatable bonds is 3. The molecule has 0 bridgehead atoms. The average molecular weight is 429 g/mol. The van der Waals surface area contributed by atoms with Gasteiger partial charge >= 0.3 is 0 Å². The minimum absolute atomic E-state index is 0.331. The summed E-state index contributed by atoms with van der Waals surface area (Å²) in [5.74, 6) is -1.16. The second-order valence-corrected chi connectivity index (χ2v) is 6.64. The highest BCUT2D eigenvalue weighted by Crippen LogP contribution is 2.44. The van der Waals surface area contributed by atoms with Gasteiger partial charge in [0.25, 0.3) is 0 Å². The number of hydrogen-bond donors (Lipinski definition) is 1. The lowest BCUT2D eigenvalue weighted by atomic mass is 9.72. The molecule has 2 aromatic rings. The van der Waals surface area contributed by atoms with E-state index < -0.39 is 11.5 Å². The molecular formula is C18H18F2INO. The van der Waals surface area contributed by atoms with Crippen LogP contribution in [0.3, 0.4) is 0 Å². The van der Waals surface area contributed by atoms with Gasteiger partial charge in [-0.3, -0.25) is 4.90 Å². The van der Waals surface area contributed by atoms with Crippen LogP contribution < -0.4 is 0 Å². The largest absolute Gasteiger partial charge is 0.384 e. The van der Waals surface area contributed by atoms with Gasteiger partial charge in [0, 0.05) is 19.0 Å². The molecule has 1 fully saturated rings. The molecule has 0 spiro atoms. The van der Waals surface area contributed by atoms with Crippen LogP contribution in [-0.2, 0) is 5.60 Å². The zero-order valence-corrected chi connectivity index (χ0v) is 14.7. The first kappa shape index (κ1) is 16.8. The number of alkyl halides is 1. The molecule has 0 saturated carbocycles. The van der Waals surface area contributed by atoms with Crippen LogP contribution in [0.5, 0.6) is 0 Å². The van der Waals surface area contributed by atoms with Crippen molar-refractivity contribution in [2.75, 3.05) is 17.6 Å². The maximum Gasteiger partial charge on any atom is 0.126 e. The summed E-state index contributed by atoms with van der Waals surface area (Å²) in [6, 6.07) is 12.5. The number of benzene rings is 2. The van der Waals surface area contributed by atoms with Crippen molar-refractivity contribution >= 4 is 22.6 Å². The molecule has 0 radical (unpaired) electrons. The van der Waals surface area contributed by atoms with Gasteiger partial charge in [0.1, 0.15) is 11.6 Å². The van der Waals surface area contributed by atoms with Crippen LogP contribution in [-0.4, -0.2) is 27.6 Å². The van der Waals surface area contributed by atoms with Crippen LogP contribution in [0.15, 0.2) is 48.5 Å². The van der Waals surface area contributed by atoms with Crippen LogP contribution in [0.25, 0.3) is 0 Å². The molecule has 3 rings (SSSR count). The van der Waals surface area contributed by atoms with Crippen LogP contribution in [0.2, 0.25) is 0 Å². The second-order valence-electron chi connectivity index (χ2n) is 5.96. The highest BCUT2D eigenvalue weighted by Gasteiger charge is 2.44. The fraction of sp³-hybridized carbons (Fsp3) is 0.333. The van der Waals surface area contributed by atoms with E-state index in [-0.39, 0.29) is 11.6 Å². The predicted molar refractivity (Wildman–Crippen MR) is 94.5 cm³/mol. The van der Waals surface area contributed by atoms with E-state index in [2.05, 4.69) is 27.5 Å². The molecule has 2 unspecified atom stereocenters. The molecule has 23 heavy (non-hydrogen) atoms. The van der Waals surface area contributed by atoms with Crippen LogP contribution in [0.1, 0.15) is 23.5 Å². The van der Waals surface area contributed by atoms with Crippen LogP contribution in [0.4, 0.5) is 8.78 Å². The molecule has 1 heterocycles. The minimum atomic E-state index is -1.27. The number of halogens is 3. The normalized spacial score (nSPS) is 25.5. The number of likely N-dealkylation sites (tertiary alicyclic amines) is 1. The van der Waals surface area contributed by atoms with Crippen molar-refractivity contribution < 1.29 is 13.9 Å². The van der Waals surface area contributed by atoms with Crippen molar-refractivity contribution in [3.05, 3.63) is 71.3 Å². The van der Waals surface area contributed by atoms with Gasteiger partial charge in [-0.15, -0.1) is 0 Å². The maximum absolute atomic E-state index is 14.3. The van der Waals surface area contributed by atoms with Gasteiger partial charge in [-0.25, -0.2) is 8.78 Å². The fourth-order valence-corrected chi connectivity index (χ4v) is 3.95. The van der Waals surface area contributed by atoms with E-state index in [0.29, 0.717) is 30.6 Å². The van der Waals surface area contributed by atoms with E-state index in [1.165, 1.54) is 18.2 Å². The van der Waals surface area contributed by atoms with Crippen LogP contribution >= 0.6 is 22.6 Å². The third-order valence-electron chi connectivity index (χ3n) is 4.60. The van der Waals surface area contributed by atoms with Gasteiger partial charge < -0.3 is 5.11 Å². The Bertz CT molecular complexity index is 696. The lowest BCUT2D eigenvalue weighted by Crippen LogP contribution is -2.48. The van der Waals surface area contributed by atoms with Gasteiger partial charge in [-0.1, -0.05) is 52.9 Å². The monoisotopic (exact) mass is 429 g/mol. The van der Waals surface area contributed by atoms with E-state index in [1.54, 1.807) is 30.3 Å². The lowest BCUT2D eigenvalue weighted by molar-refractivity contribution is -0.0436. The molecule has 0 amide bonds. The highest BCUT2D eigenvalue weighted by atomic mass is 127. The van der Waals surface area contributed by atoms with E-state index in [4.69, 9.17) is 0 Å². The van der Waals surface area contributed by atoms with Gasteiger partial charge in [-0.2, -0.15) is 0 Å². The number of piperidine rings is 1. The third kappa shape index (κ3) is 3.27. The first-order chi connectivity index (χ1) is 11.0. The zero-order valence-electron chi connectivity index (χ0n) is 12.6. The Labute approximate surface area is 148 Å². The number of aliphatic hydroxyl groups is 1. The zero-order chi connectivity index (χ0) is 16.4. The Morgan fingerprint density at radius 2 is 1.96 bits per heavy atom. The number of hydrogen-bond acceptors (Lipinski definition) is 2. The van der Waals surface area contributed by atoms with Gasteiger partial charge in [-0.05, 0) is 35.7 Å². The first-order valence-electron chi connectivity index (χ1n) is 7.56. The molecule has 2 nitrogen and oxygen atoms in total. The second kappa shape index (κ2) is 6.83. The summed E-state index contributed by atoms with van der Waals surface area (Å²) < 4.78 is 28.8. The van der Waals surface area contributed by atoms with E-state index in [1.807, 2.05) is 0 Å². The SMILES string of the molecule is OC1(c2cccc(F)c2)CCN(CI)CC1c1ccccc1F. The van der Waals surface area contributed by atoms with Crippen molar-refractivity contribution in [1.82, 2.24) is 4.90 Å². The van der Waals surface area contributed by atoms with E-state index >= 15 is 0 Å². The summed E-state index contributed by atoms with van der Waals surface area (Å²) in [7, 11) is 0. The Morgan fingerprint density at radius 3 is 2.65 bits per heavy atom. The molecule has 2 atom stereocenters. The summed E-state index contributed by atoms with van der Waals surface area (Å²) in [6.45, 7) is 1.23. The van der Waals surface area contributed by atoms with Crippen molar-refractivity contribution in [3.63, 3.8) is 0 Å². The van der Waals surface area contributed by atoms with Gasteiger partial charge in [0.05, 0.1) is 10.2 Å². The summed E-state index contributed by atoms with van der Waals surface area (Å²) in [5.41, 5.74) is -0.278. The molecule has 1 N–H and O–H groups in total. The summed E-state index contributed by atoms with van der Waals surface area (Å²) in [6.07, 6.45) is 0.443. The highest BCUT2D eigenvalue weighted by molar-refractivity contribution is 14.1. The Balaban J connectivity index is 2.08. The van der Waals surface area contributed by atoms with Crippen molar-refractivity contribution in [2.24, 2.45) is 0 Å². The molecule has 0 aromatic heterocycles. The van der Waals surface area contributed by atoms with Gasteiger partial charge in [0.15, 0.2) is 0 Å². The first-order valence-corrected chi connectivity index (χ1v) is 9.08.